The summed E-state index contributed by atoms with van der Waals surface area (Å²) in [5, 5.41) is 2.96. The van der Waals surface area contributed by atoms with Crippen LogP contribution in [0.1, 0.15) is 10.4 Å². The summed E-state index contributed by atoms with van der Waals surface area (Å²) >= 11 is 12.1. The third kappa shape index (κ3) is 4.97. The summed E-state index contributed by atoms with van der Waals surface area (Å²) in [5.74, 6) is -1.05. The average molecular weight is 444 g/mol. The molecule has 0 atom stereocenters. The van der Waals surface area contributed by atoms with Crippen molar-refractivity contribution in [2.45, 2.75) is 0 Å². The number of anilines is 2. The molecule has 28 heavy (non-hydrogen) atoms. The third-order valence-electron chi connectivity index (χ3n) is 3.32. The predicted octanol–water partition coefficient (Wildman–Crippen LogP) is 3.34. The second kappa shape index (κ2) is 7.74. The van der Waals surface area contributed by atoms with Gasteiger partial charge in [0.25, 0.3) is 5.91 Å². The highest BCUT2D eigenvalue weighted by Gasteiger charge is 2.15. The van der Waals surface area contributed by atoms with Gasteiger partial charge in [0.1, 0.15) is 5.15 Å². The van der Waals surface area contributed by atoms with Crippen molar-refractivity contribution < 1.29 is 17.6 Å². The van der Waals surface area contributed by atoms with E-state index < -0.39 is 21.7 Å². The normalized spacial score (nSPS) is 11.3. The first-order valence-corrected chi connectivity index (χ1v) is 10.2. The number of amides is 1. The first kappa shape index (κ1) is 20.1. The van der Waals surface area contributed by atoms with Gasteiger partial charge >= 0.3 is 0 Å². The Hall–Kier alpha value is -2.69. The van der Waals surface area contributed by atoms with E-state index in [-0.39, 0.29) is 33.1 Å². The van der Waals surface area contributed by atoms with E-state index in [0.29, 0.717) is 0 Å². The molecule has 3 aromatic rings. The van der Waals surface area contributed by atoms with Crippen LogP contribution in [0.4, 0.5) is 15.8 Å². The Morgan fingerprint density at radius 2 is 1.75 bits per heavy atom. The summed E-state index contributed by atoms with van der Waals surface area (Å²) in [7, 11) is -3.51. The van der Waals surface area contributed by atoms with Crippen molar-refractivity contribution in [1.82, 2.24) is 14.5 Å². The van der Waals surface area contributed by atoms with Crippen LogP contribution >= 0.6 is 23.2 Å². The molecule has 3 rings (SSSR count). The molecule has 2 heterocycles. The molecule has 1 amide bonds. The lowest BCUT2D eigenvalue weighted by Crippen LogP contribution is -2.13. The number of halogens is 3. The molecule has 0 aliphatic rings. The van der Waals surface area contributed by atoms with Gasteiger partial charge in [-0.1, -0.05) is 23.2 Å². The van der Waals surface area contributed by atoms with Crippen molar-refractivity contribution in [3.05, 3.63) is 64.4 Å². The average Bonchev–Trinajstić information content (AvgIpc) is 2.95. The number of nitrogens with one attached hydrogen (secondary N) is 2. The molecule has 0 fully saturated rings. The van der Waals surface area contributed by atoms with Crippen LogP contribution in [-0.4, -0.2) is 35.1 Å². The van der Waals surface area contributed by atoms with Crippen LogP contribution in [-0.2, 0) is 10.0 Å². The van der Waals surface area contributed by atoms with Gasteiger partial charge in [-0.2, -0.15) is 0 Å². The summed E-state index contributed by atoms with van der Waals surface area (Å²) < 4.78 is 39.3. The van der Waals surface area contributed by atoms with Crippen molar-refractivity contribution in [2.75, 3.05) is 16.3 Å². The summed E-state index contributed by atoms with van der Waals surface area (Å²) in [6.45, 7) is 0. The lowest BCUT2D eigenvalue weighted by atomic mass is 10.2. The molecular formula is C16H12Cl2FN5O3S. The van der Waals surface area contributed by atoms with Crippen LogP contribution in [0.5, 0.6) is 0 Å². The van der Waals surface area contributed by atoms with E-state index in [0.717, 1.165) is 18.6 Å². The molecule has 0 radical (unpaired) electrons. The van der Waals surface area contributed by atoms with Gasteiger partial charge in [-0.3, -0.25) is 14.1 Å². The van der Waals surface area contributed by atoms with Crippen molar-refractivity contribution in [1.29, 1.82) is 0 Å². The molecule has 0 saturated heterocycles. The number of rotatable bonds is 5. The molecule has 0 unspecified atom stereocenters. The zero-order chi connectivity index (χ0) is 20.5. The third-order valence-corrected chi connectivity index (χ3v) is 4.43. The second-order valence-corrected chi connectivity index (χ2v) is 8.25. The second-order valence-electron chi connectivity index (χ2n) is 5.68. The van der Waals surface area contributed by atoms with Crippen LogP contribution in [0.2, 0.25) is 10.2 Å². The number of carbonyl (C=O) groups excluding carboxylic acids is 1. The maximum atomic E-state index is 13.0. The molecule has 0 aliphatic carbocycles. The van der Waals surface area contributed by atoms with Gasteiger partial charge < -0.3 is 5.32 Å². The van der Waals surface area contributed by atoms with E-state index >= 15 is 0 Å². The number of hydrogen-bond acceptors (Lipinski definition) is 5. The van der Waals surface area contributed by atoms with E-state index in [1.807, 2.05) is 0 Å². The van der Waals surface area contributed by atoms with Crippen LogP contribution < -0.4 is 10.0 Å². The largest absolute Gasteiger partial charge is 0.322 e. The summed E-state index contributed by atoms with van der Waals surface area (Å²) in [4.78, 5) is 20.1. The maximum absolute atomic E-state index is 13.0. The van der Waals surface area contributed by atoms with Gasteiger partial charge in [0, 0.05) is 16.9 Å². The molecule has 2 aromatic heterocycles. The Morgan fingerprint density at radius 1 is 1.11 bits per heavy atom. The quantitative estimate of drug-likeness (QED) is 0.628. The van der Waals surface area contributed by atoms with Gasteiger partial charge in [-0.25, -0.2) is 22.8 Å². The fourth-order valence-electron chi connectivity index (χ4n) is 2.28. The molecule has 0 spiro atoms. The SMILES string of the molecule is CS(=O)(=O)Nc1cc(Cl)cc(NC(=O)c2cc(Cl)n(-c3ncc(F)cn3)c2)c1. The van der Waals surface area contributed by atoms with E-state index in [1.54, 1.807) is 0 Å². The Labute approximate surface area is 169 Å². The zero-order valence-electron chi connectivity index (χ0n) is 14.1. The number of nitrogens with zero attached hydrogens (tertiary/aromatic N) is 3. The van der Waals surface area contributed by atoms with Gasteiger partial charge in [-0.15, -0.1) is 0 Å². The lowest BCUT2D eigenvalue weighted by Gasteiger charge is -2.09. The standard InChI is InChI=1S/C16H12Cl2FN5O3S/c1-28(26,27)23-13-4-10(17)3-12(5-13)22-15(25)9-2-14(18)24(8-9)16-20-6-11(19)7-21-16/h2-8,23H,1H3,(H,22,25). The topological polar surface area (TPSA) is 106 Å². The van der Waals surface area contributed by atoms with Crippen LogP contribution in [0, 0.1) is 5.82 Å². The summed E-state index contributed by atoms with van der Waals surface area (Å²) in [6.07, 6.45) is 4.32. The molecule has 0 bridgehead atoms. The minimum Gasteiger partial charge on any atom is -0.322 e. The number of sulfonamides is 1. The molecule has 0 saturated carbocycles. The van der Waals surface area contributed by atoms with Gasteiger partial charge in [0.05, 0.1) is 29.9 Å². The Balaban J connectivity index is 1.84. The molecule has 146 valence electrons. The van der Waals surface area contributed by atoms with E-state index in [9.17, 15) is 17.6 Å². The van der Waals surface area contributed by atoms with E-state index in [2.05, 4.69) is 20.0 Å². The van der Waals surface area contributed by atoms with Crippen molar-refractivity contribution in [3.63, 3.8) is 0 Å². The molecule has 0 aliphatic heterocycles. The number of carbonyl (C=O) groups is 1. The fourth-order valence-corrected chi connectivity index (χ4v) is 3.30. The van der Waals surface area contributed by atoms with Gasteiger partial charge in [0.2, 0.25) is 16.0 Å². The smallest absolute Gasteiger partial charge is 0.257 e. The van der Waals surface area contributed by atoms with Crippen molar-refractivity contribution in [3.8, 4) is 5.95 Å². The van der Waals surface area contributed by atoms with Crippen molar-refractivity contribution >= 4 is 50.5 Å². The zero-order valence-corrected chi connectivity index (χ0v) is 16.5. The minimum absolute atomic E-state index is 0.0906. The Morgan fingerprint density at radius 3 is 2.39 bits per heavy atom. The van der Waals surface area contributed by atoms with Crippen LogP contribution in [0.15, 0.2) is 42.9 Å². The molecule has 2 N–H and O–H groups in total. The first-order valence-electron chi connectivity index (χ1n) is 7.56. The highest BCUT2D eigenvalue weighted by molar-refractivity contribution is 7.92. The first-order chi connectivity index (χ1) is 13.1. The number of aromatic nitrogens is 3. The number of hydrogen-bond donors (Lipinski definition) is 2. The van der Waals surface area contributed by atoms with Gasteiger partial charge in [-0.05, 0) is 24.3 Å². The van der Waals surface area contributed by atoms with Crippen LogP contribution in [0.25, 0.3) is 5.95 Å². The molecular weight excluding hydrogens is 432 g/mol. The minimum atomic E-state index is -3.51. The lowest BCUT2D eigenvalue weighted by molar-refractivity contribution is 0.102. The van der Waals surface area contributed by atoms with Crippen LogP contribution in [0.3, 0.4) is 0 Å². The predicted molar refractivity (Wildman–Crippen MR) is 104 cm³/mol. The Kier molecular flexibility index (Phi) is 5.54. The molecule has 1 aromatic carbocycles. The number of benzene rings is 1. The fraction of sp³-hybridized carbons (Fsp3) is 0.0625. The Bertz CT molecular complexity index is 1150. The monoisotopic (exact) mass is 443 g/mol. The molecule has 8 nitrogen and oxygen atoms in total. The highest BCUT2D eigenvalue weighted by atomic mass is 35.5. The van der Waals surface area contributed by atoms with E-state index in [4.69, 9.17) is 23.2 Å². The summed E-state index contributed by atoms with van der Waals surface area (Å²) in [5.41, 5.74) is 0.640. The molecule has 12 heteroatoms. The van der Waals surface area contributed by atoms with Gasteiger partial charge in [0.15, 0.2) is 5.82 Å². The summed E-state index contributed by atoms with van der Waals surface area (Å²) in [6, 6.07) is 5.64. The maximum Gasteiger partial charge on any atom is 0.257 e. The highest BCUT2D eigenvalue weighted by Crippen LogP contribution is 2.25. The van der Waals surface area contributed by atoms with Crippen molar-refractivity contribution in [2.24, 2.45) is 0 Å². The van der Waals surface area contributed by atoms with E-state index in [1.165, 1.54) is 35.0 Å².